The van der Waals surface area contributed by atoms with Gasteiger partial charge in [-0.15, -0.1) is 0 Å². The Morgan fingerprint density at radius 3 is 2.74 bits per heavy atom. The molecule has 0 aromatic heterocycles. The van der Waals surface area contributed by atoms with Gasteiger partial charge in [0, 0.05) is 46.5 Å². The predicted molar refractivity (Wildman–Crippen MR) is 77.8 cm³/mol. The molecule has 0 aliphatic carbocycles. The molecule has 0 radical (unpaired) electrons. The van der Waals surface area contributed by atoms with Crippen molar-refractivity contribution >= 4 is 16.5 Å². The zero-order valence-corrected chi connectivity index (χ0v) is 12.3. The molecule has 1 N–H and O–H groups in total. The van der Waals surface area contributed by atoms with Gasteiger partial charge in [0.2, 0.25) is 0 Å². The van der Waals surface area contributed by atoms with Gasteiger partial charge in [-0.2, -0.15) is 0 Å². The molecule has 0 aliphatic heterocycles. The third-order valence-corrected chi connectivity index (χ3v) is 4.34. The molecule has 0 saturated carbocycles. The molecule has 19 heavy (non-hydrogen) atoms. The predicted octanol–water partition coefficient (Wildman–Crippen LogP) is 2.32. The highest BCUT2D eigenvalue weighted by molar-refractivity contribution is 7.84. The van der Waals surface area contributed by atoms with Crippen molar-refractivity contribution in [2.45, 2.75) is 26.8 Å². The summed E-state index contributed by atoms with van der Waals surface area (Å²) < 4.78 is 11.3. The lowest BCUT2D eigenvalue weighted by molar-refractivity contribution is -0.385. The quantitative estimate of drug-likeness (QED) is 0.616. The van der Waals surface area contributed by atoms with Crippen molar-refractivity contribution in [3.63, 3.8) is 0 Å². The van der Waals surface area contributed by atoms with Gasteiger partial charge in [0.05, 0.1) is 4.92 Å². The summed E-state index contributed by atoms with van der Waals surface area (Å²) in [4.78, 5) is 10.5. The first-order valence-corrected chi connectivity index (χ1v) is 7.77. The van der Waals surface area contributed by atoms with Crippen LogP contribution in [0.25, 0.3) is 0 Å². The molecule has 0 aliphatic rings. The third-order valence-electron chi connectivity index (χ3n) is 3.03. The highest BCUT2D eigenvalue weighted by Gasteiger charge is 2.14. The molecule has 2 atom stereocenters. The minimum absolute atomic E-state index is 0.00755. The van der Waals surface area contributed by atoms with Crippen LogP contribution in [0, 0.1) is 17.0 Å². The smallest absolute Gasteiger partial charge is 0.272 e. The molecule has 1 aromatic carbocycles. The van der Waals surface area contributed by atoms with Crippen molar-refractivity contribution in [1.29, 1.82) is 0 Å². The zero-order chi connectivity index (χ0) is 14.4. The monoisotopic (exact) mass is 284 g/mol. The minimum atomic E-state index is -0.786. The van der Waals surface area contributed by atoms with E-state index in [1.165, 1.54) is 0 Å². The van der Waals surface area contributed by atoms with Crippen molar-refractivity contribution in [2.75, 3.05) is 18.1 Å². The molecule has 2 unspecified atom stereocenters. The van der Waals surface area contributed by atoms with E-state index < -0.39 is 10.8 Å². The fraction of sp³-hybridized carbons (Fsp3) is 0.538. The summed E-state index contributed by atoms with van der Waals surface area (Å²) in [6.45, 7) is 6.21. The average Bonchev–Trinajstić information content (AvgIpc) is 2.38. The van der Waals surface area contributed by atoms with Gasteiger partial charge in [-0.25, -0.2) is 0 Å². The van der Waals surface area contributed by atoms with Crippen molar-refractivity contribution in [3.8, 4) is 0 Å². The van der Waals surface area contributed by atoms with Gasteiger partial charge in [-0.05, 0) is 19.4 Å². The second-order valence-corrected chi connectivity index (χ2v) is 6.28. The summed E-state index contributed by atoms with van der Waals surface area (Å²) in [6.07, 6.45) is 0. The van der Waals surface area contributed by atoms with E-state index in [1.807, 2.05) is 19.9 Å². The number of nitrogens with zero attached hydrogens (tertiary/aromatic N) is 1. The van der Waals surface area contributed by atoms with E-state index in [0.717, 1.165) is 5.56 Å². The van der Waals surface area contributed by atoms with Crippen LogP contribution in [0.4, 0.5) is 5.69 Å². The summed E-state index contributed by atoms with van der Waals surface area (Å²) >= 11 is 0. The molecule has 0 saturated heterocycles. The van der Waals surface area contributed by atoms with E-state index >= 15 is 0 Å². The molecule has 0 fully saturated rings. The SMILES string of the molecule is CCS(=O)CCNC(C)c1ccc(C)c([N+](=O)[O-])c1. The maximum Gasteiger partial charge on any atom is 0.272 e. The van der Waals surface area contributed by atoms with E-state index in [1.54, 1.807) is 19.1 Å². The molecular weight excluding hydrogens is 264 g/mol. The number of hydrogen-bond acceptors (Lipinski definition) is 4. The maximum atomic E-state index is 11.3. The topological polar surface area (TPSA) is 72.2 Å². The van der Waals surface area contributed by atoms with Gasteiger partial charge in [-0.1, -0.05) is 19.1 Å². The Kier molecular flexibility index (Phi) is 6.11. The molecule has 1 aromatic rings. The zero-order valence-electron chi connectivity index (χ0n) is 11.5. The number of hydrogen-bond donors (Lipinski definition) is 1. The normalized spacial score (nSPS) is 14.1. The van der Waals surface area contributed by atoms with Crippen molar-refractivity contribution in [2.24, 2.45) is 0 Å². The van der Waals surface area contributed by atoms with E-state index in [9.17, 15) is 14.3 Å². The fourth-order valence-electron chi connectivity index (χ4n) is 1.74. The highest BCUT2D eigenvalue weighted by Crippen LogP contribution is 2.22. The summed E-state index contributed by atoms with van der Waals surface area (Å²) in [7, 11) is -0.786. The lowest BCUT2D eigenvalue weighted by Gasteiger charge is -2.14. The van der Waals surface area contributed by atoms with Crippen LogP contribution in [0.1, 0.15) is 31.0 Å². The van der Waals surface area contributed by atoms with Crippen LogP contribution in [0.15, 0.2) is 18.2 Å². The third kappa shape index (κ3) is 4.72. The number of nitro benzene ring substituents is 1. The molecule has 1 rings (SSSR count). The van der Waals surface area contributed by atoms with E-state index in [4.69, 9.17) is 0 Å². The number of aryl methyl sites for hydroxylation is 1. The van der Waals surface area contributed by atoms with Gasteiger partial charge >= 0.3 is 0 Å². The lowest BCUT2D eigenvalue weighted by atomic mass is 10.0. The molecule has 106 valence electrons. The first kappa shape index (κ1) is 15.8. The van der Waals surface area contributed by atoms with E-state index in [-0.39, 0.29) is 16.7 Å². The van der Waals surface area contributed by atoms with Gasteiger partial charge in [0.15, 0.2) is 0 Å². The Hall–Kier alpha value is -1.27. The lowest BCUT2D eigenvalue weighted by Crippen LogP contribution is -2.24. The van der Waals surface area contributed by atoms with Gasteiger partial charge < -0.3 is 5.32 Å². The average molecular weight is 284 g/mol. The second kappa shape index (κ2) is 7.35. The number of nitro groups is 1. The van der Waals surface area contributed by atoms with Crippen molar-refractivity contribution in [1.82, 2.24) is 5.32 Å². The van der Waals surface area contributed by atoms with Gasteiger partial charge in [0.25, 0.3) is 5.69 Å². The largest absolute Gasteiger partial charge is 0.309 e. The van der Waals surface area contributed by atoms with E-state index in [2.05, 4.69) is 5.32 Å². The summed E-state index contributed by atoms with van der Waals surface area (Å²) in [5.41, 5.74) is 1.68. The Morgan fingerprint density at radius 1 is 1.47 bits per heavy atom. The molecule has 0 amide bonds. The molecule has 0 heterocycles. The van der Waals surface area contributed by atoms with Crippen LogP contribution in [0.3, 0.4) is 0 Å². The molecule has 6 heteroatoms. The molecule has 0 spiro atoms. The summed E-state index contributed by atoms with van der Waals surface area (Å²) in [6, 6.07) is 5.25. The van der Waals surface area contributed by atoms with Crippen LogP contribution in [0.2, 0.25) is 0 Å². The van der Waals surface area contributed by atoms with Crippen LogP contribution < -0.4 is 5.32 Å². The van der Waals surface area contributed by atoms with Crippen molar-refractivity contribution < 1.29 is 9.13 Å². The molecule has 0 bridgehead atoms. The number of benzene rings is 1. The van der Waals surface area contributed by atoms with Crippen molar-refractivity contribution in [3.05, 3.63) is 39.4 Å². The fourth-order valence-corrected chi connectivity index (χ4v) is 2.38. The molecular formula is C13H20N2O3S. The summed E-state index contributed by atoms with van der Waals surface area (Å²) in [5.74, 6) is 1.26. The number of rotatable bonds is 7. The Labute approximate surface area is 116 Å². The highest BCUT2D eigenvalue weighted by atomic mass is 32.2. The second-order valence-electron chi connectivity index (χ2n) is 4.41. The van der Waals surface area contributed by atoms with E-state index in [0.29, 0.717) is 23.6 Å². The first-order valence-electron chi connectivity index (χ1n) is 6.29. The Bertz CT molecular complexity index is 477. The van der Waals surface area contributed by atoms with Gasteiger partial charge in [0.1, 0.15) is 0 Å². The Balaban J connectivity index is 2.67. The van der Waals surface area contributed by atoms with Crippen LogP contribution >= 0.6 is 0 Å². The Morgan fingerprint density at radius 2 is 2.16 bits per heavy atom. The molecule has 5 nitrogen and oxygen atoms in total. The van der Waals surface area contributed by atoms with Crippen LogP contribution in [-0.4, -0.2) is 27.2 Å². The maximum absolute atomic E-state index is 11.3. The first-order chi connectivity index (χ1) is 8.95. The minimum Gasteiger partial charge on any atom is -0.309 e. The summed E-state index contributed by atoms with van der Waals surface area (Å²) in [5, 5.41) is 14.1. The standard InChI is InChI=1S/C13H20N2O3S/c1-4-19(18)8-7-14-11(3)12-6-5-10(2)13(9-12)15(16)17/h5-6,9,11,14H,4,7-8H2,1-3H3. The van der Waals surface area contributed by atoms with Crippen LogP contribution in [0.5, 0.6) is 0 Å². The van der Waals surface area contributed by atoms with Gasteiger partial charge in [-0.3, -0.25) is 14.3 Å². The van der Waals surface area contributed by atoms with Crippen LogP contribution in [-0.2, 0) is 10.8 Å². The number of nitrogens with one attached hydrogen (secondary N) is 1.